The Hall–Kier alpha value is -3.59. The van der Waals surface area contributed by atoms with Gasteiger partial charge in [0.2, 0.25) is 5.95 Å². The first-order chi connectivity index (χ1) is 12.6. The zero-order valence-corrected chi connectivity index (χ0v) is 14.6. The Labute approximate surface area is 152 Å². The van der Waals surface area contributed by atoms with Crippen LogP contribution in [0.25, 0.3) is 0 Å². The number of rotatable bonds is 6. The van der Waals surface area contributed by atoms with Crippen molar-refractivity contribution in [3.05, 3.63) is 66.4 Å². The summed E-state index contributed by atoms with van der Waals surface area (Å²) in [7, 11) is 0. The molecule has 6 heteroatoms. The zero-order valence-electron chi connectivity index (χ0n) is 14.6. The van der Waals surface area contributed by atoms with Crippen molar-refractivity contribution in [1.29, 1.82) is 5.26 Å². The number of benzene rings is 2. The van der Waals surface area contributed by atoms with Crippen LogP contribution in [0, 0.1) is 11.3 Å². The second-order valence-corrected chi connectivity index (χ2v) is 5.87. The molecule has 0 amide bonds. The SMILES string of the molecule is CC(C)Oc1ccccc1Nc1ccnc(Nc2cccc(C#N)c2)n1. The summed E-state index contributed by atoms with van der Waals surface area (Å²) in [5.74, 6) is 1.84. The van der Waals surface area contributed by atoms with Crippen molar-refractivity contribution in [2.75, 3.05) is 10.6 Å². The fraction of sp³-hybridized carbons (Fsp3) is 0.150. The van der Waals surface area contributed by atoms with Crippen LogP contribution in [0.3, 0.4) is 0 Å². The topological polar surface area (TPSA) is 82.9 Å². The molecule has 3 rings (SSSR count). The van der Waals surface area contributed by atoms with E-state index in [1.807, 2.05) is 50.2 Å². The molecule has 2 aromatic carbocycles. The van der Waals surface area contributed by atoms with Gasteiger partial charge < -0.3 is 15.4 Å². The van der Waals surface area contributed by atoms with E-state index in [1.165, 1.54) is 0 Å². The second kappa shape index (κ2) is 7.99. The highest BCUT2D eigenvalue weighted by Crippen LogP contribution is 2.28. The minimum Gasteiger partial charge on any atom is -0.489 e. The third kappa shape index (κ3) is 4.48. The van der Waals surface area contributed by atoms with Gasteiger partial charge in [-0.2, -0.15) is 10.2 Å². The number of nitrogens with zero attached hydrogens (tertiary/aromatic N) is 3. The summed E-state index contributed by atoms with van der Waals surface area (Å²) in [6, 6.07) is 18.8. The minimum absolute atomic E-state index is 0.0768. The molecule has 0 saturated heterocycles. The summed E-state index contributed by atoms with van der Waals surface area (Å²) < 4.78 is 5.82. The molecule has 130 valence electrons. The highest BCUT2D eigenvalue weighted by Gasteiger charge is 2.07. The fourth-order valence-corrected chi connectivity index (χ4v) is 2.35. The van der Waals surface area contributed by atoms with Crippen molar-refractivity contribution in [3.63, 3.8) is 0 Å². The molecule has 0 aliphatic carbocycles. The Morgan fingerprint density at radius 3 is 2.69 bits per heavy atom. The molecule has 0 atom stereocenters. The van der Waals surface area contributed by atoms with E-state index in [1.54, 1.807) is 24.4 Å². The van der Waals surface area contributed by atoms with Crippen LogP contribution in [-0.4, -0.2) is 16.1 Å². The van der Waals surface area contributed by atoms with Crippen molar-refractivity contribution >= 4 is 23.1 Å². The second-order valence-electron chi connectivity index (χ2n) is 5.87. The van der Waals surface area contributed by atoms with Crippen molar-refractivity contribution < 1.29 is 4.74 Å². The number of anilines is 4. The van der Waals surface area contributed by atoms with Crippen LogP contribution in [-0.2, 0) is 0 Å². The molecule has 1 heterocycles. The van der Waals surface area contributed by atoms with Crippen LogP contribution >= 0.6 is 0 Å². The molecule has 0 aliphatic heterocycles. The van der Waals surface area contributed by atoms with Crippen molar-refractivity contribution in [1.82, 2.24) is 9.97 Å². The number of hydrogen-bond donors (Lipinski definition) is 2. The predicted octanol–water partition coefficient (Wildman–Crippen LogP) is 4.62. The van der Waals surface area contributed by atoms with Gasteiger partial charge in [-0.25, -0.2) is 4.98 Å². The lowest BCUT2D eigenvalue weighted by Crippen LogP contribution is -2.07. The van der Waals surface area contributed by atoms with E-state index in [2.05, 4.69) is 26.7 Å². The first-order valence-electron chi connectivity index (χ1n) is 8.27. The quantitative estimate of drug-likeness (QED) is 0.678. The maximum absolute atomic E-state index is 8.99. The Balaban J connectivity index is 1.79. The standard InChI is InChI=1S/C20H19N5O/c1-14(2)26-18-9-4-3-8-17(18)24-19-10-11-22-20(25-19)23-16-7-5-6-15(12-16)13-21/h3-12,14H,1-2H3,(H2,22,23,24,25). The Kier molecular flexibility index (Phi) is 5.30. The summed E-state index contributed by atoms with van der Waals surface area (Å²) in [4.78, 5) is 8.69. The smallest absolute Gasteiger partial charge is 0.229 e. The lowest BCUT2D eigenvalue weighted by molar-refractivity contribution is 0.244. The van der Waals surface area contributed by atoms with Crippen molar-refractivity contribution in [2.45, 2.75) is 20.0 Å². The van der Waals surface area contributed by atoms with Gasteiger partial charge in [0.05, 0.1) is 23.4 Å². The normalized spacial score (nSPS) is 10.2. The first kappa shape index (κ1) is 17.2. The molecular weight excluding hydrogens is 326 g/mol. The van der Waals surface area contributed by atoms with Crippen LogP contribution in [0.1, 0.15) is 19.4 Å². The van der Waals surface area contributed by atoms with Gasteiger partial charge in [0, 0.05) is 11.9 Å². The third-order valence-electron chi connectivity index (χ3n) is 3.42. The van der Waals surface area contributed by atoms with E-state index in [4.69, 9.17) is 10.00 Å². The van der Waals surface area contributed by atoms with Gasteiger partial charge in [-0.05, 0) is 50.2 Å². The average Bonchev–Trinajstić information content (AvgIpc) is 2.63. The van der Waals surface area contributed by atoms with Crippen LogP contribution < -0.4 is 15.4 Å². The molecule has 0 spiro atoms. The van der Waals surface area contributed by atoms with Crippen LogP contribution in [0.4, 0.5) is 23.1 Å². The monoisotopic (exact) mass is 345 g/mol. The van der Waals surface area contributed by atoms with E-state index < -0.39 is 0 Å². The minimum atomic E-state index is 0.0768. The van der Waals surface area contributed by atoms with Gasteiger partial charge in [-0.3, -0.25) is 0 Å². The lowest BCUT2D eigenvalue weighted by Gasteiger charge is -2.15. The summed E-state index contributed by atoms with van der Waals surface area (Å²) in [6.45, 7) is 3.97. The molecule has 0 saturated carbocycles. The molecule has 0 radical (unpaired) electrons. The highest BCUT2D eigenvalue weighted by molar-refractivity contribution is 5.65. The van der Waals surface area contributed by atoms with E-state index in [0.717, 1.165) is 17.1 Å². The Morgan fingerprint density at radius 2 is 1.88 bits per heavy atom. The summed E-state index contributed by atoms with van der Waals surface area (Å²) in [5, 5.41) is 15.4. The third-order valence-corrected chi connectivity index (χ3v) is 3.42. The van der Waals surface area contributed by atoms with Gasteiger partial charge in [-0.1, -0.05) is 18.2 Å². The summed E-state index contributed by atoms with van der Waals surface area (Å²) in [5.41, 5.74) is 2.16. The fourth-order valence-electron chi connectivity index (χ4n) is 2.35. The summed E-state index contributed by atoms with van der Waals surface area (Å²) >= 11 is 0. The molecule has 6 nitrogen and oxygen atoms in total. The number of aromatic nitrogens is 2. The molecular formula is C20H19N5O. The first-order valence-corrected chi connectivity index (χ1v) is 8.27. The molecule has 0 bridgehead atoms. The number of para-hydroxylation sites is 2. The van der Waals surface area contributed by atoms with Crippen LogP contribution in [0.2, 0.25) is 0 Å². The van der Waals surface area contributed by atoms with Crippen molar-refractivity contribution in [3.8, 4) is 11.8 Å². The molecule has 0 aliphatic rings. The number of nitrogens with one attached hydrogen (secondary N) is 2. The van der Waals surface area contributed by atoms with Crippen LogP contribution in [0.15, 0.2) is 60.8 Å². The Bertz CT molecular complexity index is 933. The predicted molar refractivity (Wildman–Crippen MR) is 102 cm³/mol. The molecule has 3 aromatic rings. The number of ether oxygens (including phenoxy) is 1. The maximum Gasteiger partial charge on any atom is 0.229 e. The number of nitriles is 1. The molecule has 26 heavy (non-hydrogen) atoms. The van der Waals surface area contributed by atoms with E-state index in [0.29, 0.717) is 17.3 Å². The zero-order chi connectivity index (χ0) is 18.4. The van der Waals surface area contributed by atoms with Gasteiger partial charge in [-0.15, -0.1) is 0 Å². The van der Waals surface area contributed by atoms with Crippen molar-refractivity contribution in [2.24, 2.45) is 0 Å². The maximum atomic E-state index is 8.99. The molecule has 1 aromatic heterocycles. The molecule has 0 fully saturated rings. The van der Waals surface area contributed by atoms with E-state index in [9.17, 15) is 0 Å². The lowest BCUT2D eigenvalue weighted by atomic mass is 10.2. The van der Waals surface area contributed by atoms with E-state index >= 15 is 0 Å². The van der Waals surface area contributed by atoms with E-state index in [-0.39, 0.29) is 6.10 Å². The number of hydrogen-bond acceptors (Lipinski definition) is 6. The summed E-state index contributed by atoms with van der Waals surface area (Å²) in [6.07, 6.45) is 1.74. The molecule has 0 unspecified atom stereocenters. The molecule has 2 N–H and O–H groups in total. The van der Waals surface area contributed by atoms with Gasteiger partial charge >= 0.3 is 0 Å². The van der Waals surface area contributed by atoms with Gasteiger partial charge in [0.25, 0.3) is 0 Å². The van der Waals surface area contributed by atoms with Gasteiger partial charge in [0.1, 0.15) is 11.6 Å². The van der Waals surface area contributed by atoms with Crippen LogP contribution in [0.5, 0.6) is 5.75 Å². The highest BCUT2D eigenvalue weighted by atomic mass is 16.5. The average molecular weight is 345 g/mol. The Morgan fingerprint density at radius 1 is 1.04 bits per heavy atom. The largest absolute Gasteiger partial charge is 0.489 e. The van der Waals surface area contributed by atoms with Gasteiger partial charge in [0.15, 0.2) is 0 Å².